The molecule has 1 aliphatic rings. The molecule has 1 aromatic rings. The monoisotopic (exact) mass is 297 g/mol. The second-order valence-corrected chi connectivity index (χ2v) is 6.17. The Bertz CT molecular complexity index is 437. The van der Waals surface area contributed by atoms with E-state index in [2.05, 4.69) is 20.6 Å². The van der Waals surface area contributed by atoms with Gasteiger partial charge in [0.25, 0.3) is 0 Å². The minimum atomic E-state index is -0.109. The topological polar surface area (TPSA) is 65.5 Å². The molecular formula is C14H23N3O2S. The number of anilines is 1. The summed E-state index contributed by atoms with van der Waals surface area (Å²) >= 11 is 1.66. The van der Waals surface area contributed by atoms with Gasteiger partial charge in [0, 0.05) is 24.4 Å². The summed E-state index contributed by atoms with van der Waals surface area (Å²) in [6.07, 6.45) is 2.47. The van der Waals surface area contributed by atoms with Crippen LogP contribution in [0.3, 0.4) is 0 Å². The number of hydrogen-bond donors (Lipinski definition) is 2. The molecule has 0 bridgehead atoms. The fraction of sp³-hybridized carbons (Fsp3) is 0.714. The Morgan fingerprint density at radius 3 is 2.80 bits per heavy atom. The summed E-state index contributed by atoms with van der Waals surface area (Å²) in [7, 11) is 0. The molecule has 0 saturated carbocycles. The zero-order valence-electron chi connectivity index (χ0n) is 12.1. The first kappa shape index (κ1) is 15.3. The Labute approximate surface area is 124 Å². The Kier molecular flexibility index (Phi) is 5.37. The highest BCUT2D eigenvalue weighted by Crippen LogP contribution is 2.26. The molecule has 2 rings (SSSR count). The molecule has 1 amide bonds. The third-order valence-corrected chi connectivity index (χ3v) is 4.82. The summed E-state index contributed by atoms with van der Waals surface area (Å²) in [6, 6.07) is -0.109. The molecule has 0 spiro atoms. The van der Waals surface area contributed by atoms with Gasteiger partial charge in [-0.3, -0.25) is 4.79 Å². The molecule has 1 unspecified atom stereocenters. The van der Waals surface area contributed by atoms with Gasteiger partial charge in [-0.25, -0.2) is 4.98 Å². The summed E-state index contributed by atoms with van der Waals surface area (Å²) in [5.41, 5.74) is 1.05. The Morgan fingerprint density at radius 2 is 2.30 bits per heavy atom. The van der Waals surface area contributed by atoms with E-state index in [-0.39, 0.29) is 24.5 Å². The molecule has 0 radical (unpaired) electrons. The van der Waals surface area contributed by atoms with E-state index in [1.165, 1.54) is 0 Å². The fourth-order valence-corrected chi connectivity index (χ4v) is 3.27. The number of nitrogens with zero attached hydrogens (tertiary/aromatic N) is 2. The standard InChI is InChI=1S/C14H23N3O2S/c1-3-12(8-18)16-13(19)11-4-6-17(7-5-11)14-15-10(2)9-20-14/h9,11-12,18H,3-8H2,1-2H3,(H,16,19). The Morgan fingerprint density at radius 1 is 1.60 bits per heavy atom. The molecule has 20 heavy (non-hydrogen) atoms. The molecule has 0 aromatic carbocycles. The molecule has 112 valence electrons. The van der Waals surface area contributed by atoms with Gasteiger partial charge in [-0.2, -0.15) is 0 Å². The van der Waals surface area contributed by atoms with E-state index < -0.39 is 0 Å². The molecule has 1 aliphatic heterocycles. The zero-order valence-corrected chi connectivity index (χ0v) is 12.9. The lowest BCUT2D eigenvalue weighted by Crippen LogP contribution is -2.44. The van der Waals surface area contributed by atoms with Crippen molar-refractivity contribution in [2.45, 2.75) is 39.2 Å². The lowest BCUT2D eigenvalue weighted by Gasteiger charge is -2.31. The van der Waals surface area contributed by atoms with Gasteiger partial charge >= 0.3 is 0 Å². The van der Waals surface area contributed by atoms with E-state index in [0.29, 0.717) is 0 Å². The molecule has 0 aliphatic carbocycles. The van der Waals surface area contributed by atoms with E-state index >= 15 is 0 Å². The number of nitrogens with one attached hydrogen (secondary N) is 1. The summed E-state index contributed by atoms with van der Waals surface area (Å²) < 4.78 is 0. The number of aliphatic hydroxyl groups excluding tert-OH is 1. The largest absolute Gasteiger partial charge is 0.394 e. The van der Waals surface area contributed by atoms with Gasteiger partial charge < -0.3 is 15.3 Å². The minimum Gasteiger partial charge on any atom is -0.394 e. The number of rotatable bonds is 5. The van der Waals surface area contributed by atoms with Crippen molar-refractivity contribution in [3.63, 3.8) is 0 Å². The summed E-state index contributed by atoms with van der Waals surface area (Å²) in [5, 5.41) is 15.2. The molecule has 2 N–H and O–H groups in total. The van der Waals surface area contributed by atoms with Crippen LogP contribution < -0.4 is 10.2 Å². The Hall–Kier alpha value is -1.14. The highest BCUT2D eigenvalue weighted by molar-refractivity contribution is 7.13. The maximum Gasteiger partial charge on any atom is 0.223 e. The highest BCUT2D eigenvalue weighted by atomic mass is 32.1. The van der Waals surface area contributed by atoms with Crippen LogP contribution in [0.4, 0.5) is 5.13 Å². The number of aryl methyl sites for hydroxylation is 1. The lowest BCUT2D eigenvalue weighted by molar-refractivity contribution is -0.126. The van der Waals surface area contributed by atoms with Gasteiger partial charge in [0.2, 0.25) is 5.91 Å². The van der Waals surface area contributed by atoms with Gasteiger partial charge in [-0.05, 0) is 26.2 Å². The molecule has 1 atom stereocenters. The van der Waals surface area contributed by atoms with Gasteiger partial charge in [0.05, 0.1) is 18.3 Å². The van der Waals surface area contributed by atoms with Crippen LogP contribution in [0.5, 0.6) is 0 Å². The SMILES string of the molecule is CCC(CO)NC(=O)C1CCN(c2nc(C)cs2)CC1. The smallest absolute Gasteiger partial charge is 0.223 e. The van der Waals surface area contributed by atoms with Crippen molar-refractivity contribution in [1.29, 1.82) is 0 Å². The third kappa shape index (κ3) is 3.70. The fourth-order valence-electron chi connectivity index (χ4n) is 2.42. The van der Waals surface area contributed by atoms with Crippen molar-refractivity contribution in [2.75, 3.05) is 24.6 Å². The number of piperidine rings is 1. The van der Waals surface area contributed by atoms with Crippen molar-refractivity contribution >= 4 is 22.4 Å². The molecule has 6 heteroatoms. The van der Waals surface area contributed by atoms with E-state index in [4.69, 9.17) is 5.11 Å². The minimum absolute atomic E-state index is 0.0134. The van der Waals surface area contributed by atoms with Crippen LogP contribution in [0.1, 0.15) is 31.9 Å². The van der Waals surface area contributed by atoms with Crippen molar-refractivity contribution < 1.29 is 9.90 Å². The number of aromatic nitrogens is 1. The average Bonchev–Trinajstić information content (AvgIpc) is 2.91. The van der Waals surface area contributed by atoms with E-state index in [9.17, 15) is 4.79 Å². The zero-order chi connectivity index (χ0) is 14.5. The molecule has 1 aromatic heterocycles. The molecule has 2 heterocycles. The van der Waals surface area contributed by atoms with Crippen LogP contribution in [-0.2, 0) is 4.79 Å². The molecule has 1 saturated heterocycles. The predicted octanol–water partition coefficient (Wildman–Crippen LogP) is 1.56. The average molecular weight is 297 g/mol. The number of amides is 1. The van der Waals surface area contributed by atoms with Gasteiger partial charge in [0.15, 0.2) is 5.13 Å². The molecule has 5 nitrogen and oxygen atoms in total. The van der Waals surface area contributed by atoms with E-state index in [0.717, 1.165) is 43.2 Å². The van der Waals surface area contributed by atoms with Crippen LogP contribution in [0.25, 0.3) is 0 Å². The van der Waals surface area contributed by atoms with Crippen LogP contribution >= 0.6 is 11.3 Å². The normalized spacial score (nSPS) is 18.1. The third-order valence-electron chi connectivity index (χ3n) is 3.80. The maximum atomic E-state index is 12.1. The second kappa shape index (κ2) is 7.04. The van der Waals surface area contributed by atoms with Crippen molar-refractivity contribution in [2.24, 2.45) is 5.92 Å². The number of aliphatic hydroxyl groups is 1. The first-order chi connectivity index (χ1) is 9.63. The lowest BCUT2D eigenvalue weighted by atomic mass is 9.96. The number of hydrogen-bond acceptors (Lipinski definition) is 5. The van der Waals surface area contributed by atoms with Crippen LogP contribution in [0, 0.1) is 12.8 Å². The summed E-state index contributed by atoms with van der Waals surface area (Å²) in [5.74, 6) is 0.147. The van der Waals surface area contributed by atoms with Crippen molar-refractivity contribution in [3.05, 3.63) is 11.1 Å². The predicted molar refractivity (Wildman–Crippen MR) is 81.1 cm³/mol. The van der Waals surface area contributed by atoms with Crippen molar-refractivity contribution in [3.8, 4) is 0 Å². The number of carbonyl (C=O) groups excluding carboxylic acids is 1. The van der Waals surface area contributed by atoms with Crippen LogP contribution in [-0.4, -0.2) is 41.7 Å². The summed E-state index contributed by atoms with van der Waals surface area (Å²) in [6.45, 7) is 5.73. The number of thiazole rings is 1. The molecular weight excluding hydrogens is 274 g/mol. The quantitative estimate of drug-likeness (QED) is 0.865. The first-order valence-corrected chi connectivity index (χ1v) is 8.10. The molecule has 1 fully saturated rings. The van der Waals surface area contributed by atoms with Gasteiger partial charge in [-0.1, -0.05) is 6.92 Å². The van der Waals surface area contributed by atoms with Crippen LogP contribution in [0.15, 0.2) is 5.38 Å². The van der Waals surface area contributed by atoms with E-state index in [1.807, 2.05) is 13.8 Å². The second-order valence-electron chi connectivity index (χ2n) is 5.33. The summed E-state index contributed by atoms with van der Waals surface area (Å²) in [4.78, 5) is 18.9. The van der Waals surface area contributed by atoms with Crippen LogP contribution in [0.2, 0.25) is 0 Å². The van der Waals surface area contributed by atoms with Gasteiger partial charge in [-0.15, -0.1) is 11.3 Å². The highest BCUT2D eigenvalue weighted by Gasteiger charge is 2.27. The van der Waals surface area contributed by atoms with Crippen molar-refractivity contribution in [1.82, 2.24) is 10.3 Å². The maximum absolute atomic E-state index is 12.1. The number of carbonyl (C=O) groups is 1. The first-order valence-electron chi connectivity index (χ1n) is 7.22. The van der Waals surface area contributed by atoms with E-state index in [1.54, 1.807) is 11.3 Å². The van der Waals surface area contributed by atoms with Gasteiger partial charge in [0.1, 0.15) is 0 Å². The Balaban J connectivity index is 1.83.